The Morgan fingerprint density at radius 3 is 3.00 bits per heavy atom. The van der Waals surface area contributed by atoms with Gasteiger partial charge in [-0.1, -0.05) is 45.5 Å². The zero-order valence-electron chi connectivity index (χ0n) is 10.2. The Morgan fingerprint density at radius 1 is 1.42 bits per heavy atom. The molecule has 19 heavy (non-hydrogen) atoms. The number of halogens is 1. The highest BCUT2D eigenvalue weighted by Crippen LogP contribution is 2.16. The number of ether oxygens (including phenoxy) is 1. The summed E-state index contributed by atoms with van der Waals surface area (Å²) in [6, 6.07) is 7.88. The van der Waals surface area contributed by atoms with Crippen LogP contribution in [0.15, 0.2) is 28.7 Å². The highest BCUT2D eigenvalue weighted by atomic mass is 79.9. The number of carbonyl (C=O) groups is 1. The second-order valence-corrected chi connectivity index (χ2v) is 5.48. The van der Waals surface area contributed by atoms with Crippen LogP contribution in [-0.4, -0.2) is 22.8 Å². The summed E-state index contributed by atoms with van der Waals surface area (Å²) in [6.45, 7) is 2.09. The Balaban J connectivity index is 2.09. The minimum Gasteiger partial charge on any atom is -0.461 e. The molecule has 2 aromatic rings. The first kappa shape index (κ1) is 13.9. The first-order chi connectivity index (χ1) is 9.19. The number of carbonyl (C=O) groups excluding carboxylic acids is 1. The van der Waals surface area contributed by atoms with Gasteiger partial charge in [-0.25, -0.2) is 4.79 Å². The summed E-state index contributed by atoms with van der Waals surface area (Å²) in [4.78, 5) is 11.4. The van der Waals surface area contributed by atoms with Gasteiger partial charge in [0.05, 0.1) is 6.61 Å². The Bertz CT molecular complexity index is 610. The summed E-state index contributed by atoms with van der Waals surface area (Å²) in [5.74, 6) is -0.429. The van der Waals surface area contributed by atoms with E-state index in [4.69, 9.17) is 4.74 Å². The summed E-state index contributed by atoms with van der Waals surface area (Å²) >= 11 is 4.62. The molecule has 1 heterocycles. The number of esters is 1. The van der Waals surface area contributed by atoms with Crippen LogP contribution >= 0.6 is 27.3 Å². The maximum atomic E-state index is 11.4. The lowest BCUT2D eigenvalue weighted by atomic mass is 10.2. The highest BCUT2D eigenvalue weighted by Gasteiger charge is 2.12. The number of hydrogen-bond donors (Lipinski definition) is 0. The summed E-state index contributed by atoms with van der Waals surface area (Å²) in [5.41, 5.74) is 1.04. The van der Waals surface area contributed by atoms with E-state index in [1.165, 1.54) is 11.3 Å². The van der Waals surface area contributed by atoms with Crippen molar-refractivity contribution in [3.05, 3.63) is 44.3 Å². The normalized spacial score (nSPS) is 10.8. The van der Waals surface area contributed by atoms with Crippen LogP contribution in [0.1, 0.15) is 27.3 Å². The van der Waals surface area contributed by atoms with Gasteiger partial charge < -0.3 is 4.74 Å². The largest absolute Gasteiger partial charge is 0.461 e. The first-order valence-electron chi connectivity index (χ1n) is 5.63. The molecular formula is C13H11BrN2O2S. The Kier molecular flexibility index (Phi) is 4.81. The van der Waals surface area contributed by atoms with Crippen LogP contribution < -0.4 is 0 Å². The zero-order valence-corrected chi connectivity index (χ0v) is 12.6. The molecule has 0 unspecified atom stereocenters. The fourth-order valence-corrected chi connectivity index (χ4v) is 2.41. The summed E-state index contributed by atoms with van der Waals surface area (Å²) in [5, 5.41) is 8.67. The van der Waals surface area contributed by atoms with Crippen molar-refractivity contribution in [2.75, 3.05) is 6.61 Å². The molecule has 4 nitrogen and oxygen atoms in total. The van der Waals surface area contributed by atoms with E-state index in [2.05, 4.69) is 26.1 Å². The van der Waals surface area contributed by atoms with Crippen LogP contribution in [0, 0.1) is 0 Å². The van der Waals surface area contributed by atoms with E-state index < -0.39 is 5.97 Å². The topological polar surface area (TPSA) is 52.1 Å². The van der Waals surface area contributed by atoms with Crippen LogP contribution in [0.3, 0.4) is 0 Å². The zero-order chi connectivity index (χ0) is 13.7. The molecule has 6 heteroatoms. The van der Waals surface area contributed by atoms with Crippen LogP contribution in [0.4, 0.5) is 0 Å². The molecule has 0 aliphatic heterocycles. The molecule has 0 spiro atoms. The van der Waals surface area contributed by atoms with Gasteiger partial charge in [-0.3, -0.25) is 0 Å². The molecule has 0 aliphatic rings. The van der Waals surface area contributed by atoms with Crippen molar-refractivity contribution in [1.29, 1.82) is 0 Å². The van der Waals surface area contributed by atoms with Gasteiger partial charge in [0.15, 0.2) is 0 Å². The van der Waals surface area contributed by atoms with E-state index in [1.54, 1.807) is 6.92 Å². The van der Waals surface area contributed by atoms with Crippen LogP contribution in [0.2, 0.25) is 0 Å². The second-order valence-electron chi connectivity index (χ2n) is 3.55. The maximum absolute atomic E-state index is 11.4. The van der Waals surface area contributed by atoms with Gasteiger partial charge in [0, 0.05) is 4.47 Å². The highest BCUT2D eigenvalue weighted by molar-refractivity contribution is 9.10. The minimum absolute atomic E-state index is 0.274. The fraction of sp³-hybridized carbons (Fsp3) is 0.154. The third kappa shape index (κ3) is 3.97. The smallest absolute Gasteiger partial charge is 0.369 e. The molecule has 0 radical (unpaired) electrons. The van der Waals surface area contributed by atoms with Gasteiger partial charge in [-0.2, -0.15) is 0 Å². The van der Waals surface area contributed by atoms with Crippen LogP contribution in [-0.2, 0) is 4.74 Å². The lowest BCUT2D eigenvalue weighted by Gasteiger charge is -1.94. The van der Waals surface area contributed by atoms with Gasteiger partial charge in [0.1, 0.15) is 5.01 Å². The third-order valence-electron chi connectivity index (χ3n) is 2.16. The molecule has 0 aliphatic carbocycles. The molecule has 98 valence electrons. The van der Waals surface area contributed by atoms with E-state index in [1.807, 2.05) is 36.4 Å². The van der Waals surface area contributed by atoms with Crippen molar-refractivity contribution in [1.82, 2.24) is 10.2 Å². The predicted molar refractivity (Wildman–Crippen MR) is 78.9 cm³/mol. The minimum atomic E-state index is -0.429. The molecule has 0 atom stereocenters. The summed E-state index contributed by atoms with van der Waals surface area (Å²) < 4.78 is 5.87. The molecule has 0 fully saturated rings. The summed E-state index contributed by atoms with van der Waals surface area (Å²) in [7, 11) is 0. The lowest BCUT2D eigenvalue weighted by molar-refractivity contribution is 0.0525. The van der Waals surface area contributed by atoms with E-state index in [0.29, 0.717) is 11.6 Å². The number of benzene rings is 1. The predicted octanol–water partition coefficient (Wildman–Crippen LogP) is 3.65. The molecule has 0 N–H and O–H groups in total. The first-order valence-corrected chi connectivity index (χ1v) is 7.24. The molecule has 1 aromatic carbocycles. The molecule has 2 rings (SSSR count). The van der Waals surface area contributed by atoms with E-state index in [9.17, 15) is 4.79 Å². The van der Waals surface area contributed by atoms with Crippen molar-refractivity contribution in [2.45, 2.75) is 6.92 Å². The van der Waals surface area contributed by atoms with Crippen LogP contribution in [0.25, 0.3) is 12.2 Å². The number of nitrogens with zero attached hydrogens (tertiary/aromatic N) is 2. The van der Waals surface area contributed by atoms with E-state index >= 15 is 0 Å². The van der Waals surface area contributed by atoms with Gasteiger partial charge in [0.25, 0.3) is 0 Å². The molecule has 0 amide bonds. The number of rotatable bonds is 4. The molecule has 0 saturated heterocycles. The van der Waals surface area contributed by atoms with Gasteiger partial charge in [-0.15, -0.1) is 10.2 Å². The number of aromatic nitrogens is 2. The number of hydrogen-bond acceptors (Lipinski definition) is 5. The molecule has 1 aromatic heterocycles. The van der Waals surface area contributed by atoms with Crippen LogP contribution in [0.5, 0.6) is 0 Å². The standard InChI is InChI=1S/C13H11BrN2O2S/c1-2-18-13(17)12-16-15-11(19-12)7-6-9-4-3-5-10(14)8-9/h3-8H,2H2,1H3. The maximum Gasteiger partial charge on any atom is 0.369 e. The monoisotopic (exact) mass is 338 g/mol. The lowest BCUT2D eigenvalue weighted by Crippen LogP contribution is -2.03. The Labute approximate surface area is 123 Å². The molecule has 0 saturated carbocycles. The van der Waals surface area contributed by atoms with Gasteiger partial charge in [-0.05, 0) is 30.7 Å². The van der Waals surface area contributed by atoms with E-state index in [0.717, 1.165) is 10.0 Å². The molecule has 0 bridgehead atoms. The van der Waals surface area contributed by atoms with Crippen molar-refractivity contribution in [3.8, 4) is 0 Å². The van der Waals surface area contributed by atoms with Crippen molar-refractivity contribution < 1.29 is 9.53 Å². The Morgan fingerprint density at radius 2 is 2.26 bits per heavy atom. The quantitative estimate of drug-likeness (QED) is 0.798. The third-order valence-corrected chi connectivity index (χ3v) is 3.52. The Hall–Kier alpha value is -1.53. The fourth-order valence-electron chi connectivity index (χ4n) is 1.36. The molecular weight excluding hydrogens is 328 g/mol. The SMILES string of the molecule is CCOC(=O)c1nnc(C=Cc2cccc(Br)c2)s1. The van der Waals surface area contributed by atoms with E-state index in [-0.39, 0.29) is 5.01 Å². The second kappa shape index (κ2) is 6.58. The van der Waals surface area contributed by atoms with Crippen molar-refractivity contribution >= 4 is 45.4 Å². The average molecular weight is 339 g/mol. The van der Waals surface area contributed by atoms with Gasteiger partial charge >= 0.3 is 5.97 Å². The summed E-state index contributed by atoms with van der Waals surface area (Å²) in [6.07, 6.45) is 3.74. The van der Waals surface area contributed by atoms with Crippen molar-refractivity contribution in [2.24, 2.45) is 0 Å². The van der Waals surface area contributed by atoms with Gasteiger partial charge in [0.2, 0.25) is 5.01 Å². The van der Waals surface area contributed by atoms with Crippen molar-refractivity contribution in [3.63, 3.8) is 0 Å². The average Bonchev–Trinajstić information content (AvgIpc) is 2.86.